The third kappa shape index (κ3) is 2.30. The molecule has 0 radical (unpaired) electrons. The van der Waals surface area contributed by atoms with Crippen molar-refractivity contribution in [1.29, 1.82) is 0 Å². The first-order valence-electron chi connectivity index (χ1n) is 6.11. The molecule has 1 aliphatic carbocycles. The number of carbonyl (C=O) groups excluding carboxylic acids is 1. The Morgan fingerprint density at radius 2 is 2.05 bits per heavy atom. The molecular weight excluding hydrogens is 369 g/mol. The Kier molecular flexibility index (Phi) is 3.21. The first-order chi connectivity index (χ1) is 9.75. The number of fused-ring (bicyclic) bond motifs is 1. The van der Waals surface area contributed by atoms with E-state index in [0.29, 0.717) is 9.86 Å². The largest absolute Gasteiger partial charge is 0.411 e. The number of hydrogen-bond donors (Lipinski definition) is 2. The van der Waals surface area contributed by atoms with Gasteiger partial charge < -0.3 is 11.1 Å². The number of amides is 1. The topological polar surface area (TPSA) is 55.1 Å². The number of rotatable bonds is 2. The van der Waals surface area contributed by atoms with Crippen LogP contribution >= 0.6 is 27.3 Å². The number of nitrogens with two attached hydrogens (primary N) is 1. The van der Waals surface area contributed by atoms with Crippen LogP contribution in [0.4, 0.5) is 18.9 Å². The Hall–Kier alpha value is -1.28. The van der Waals surface area contributed by atoms with Crippen molar-refractivity contribution >= 4 is 48.9 Å². The second-order valence-electron chi connectivity index (χ2n) is 4.99. The molecule has 0 atom stereocenters. The van der Waals surface area contributed by atoms with Crippen molar-refractivity contribution in [2.75, 3.05) is 5.73 Å². The maximum atomic E-state index is 12.9. The summed E-state index contributed by atoms with van der Waals surface area (Å²) in [6, 6.07) is 5.32. The minimum Gasteiger partial charge on any atom is -0.397 e. The molecule has 0 aliphatic heterocycles. The van der Waals surface area contributed by atoms with Crippen LogP contribution in [0.25, 0.3) is 10.1 Å². The Bertz CT molecular complexity index is 737. The highest BCUT2D eigenvalue weighted by atomic mass is 79.9. The molecule has 1 aromatic heterocycles. The molecule has 0 unspecified atom stereocenters. The smallest absolute Gasteiger partial charge is 0.397 e. The minimum absolute atomic E-state index is 0.0866. The first-order valence-corrected chi connectivity index (χ1v) is 7.72. The van der Waals surface area contributed by atoms with Gasteiger partial charge in [0.2, 0.25) is 0 Å². The zero-order valence-corrected chi connectivity index (χ0v) is 13.0. The number of nitrogens with one attached hydrogen (secondary N) is 1. The highest BCUT2D eigenvalue weighted by Gasteiger charge is 2.64. The minimum atomic E-state index is -4.44. The highest BCUT2D eigenvalue weighted by Crippen LogP contribution is 2.49. The van der Waals surface area contributed by atoms with Gasteiger partial charge in [-0.25, -0.2) is 0 Å². The van der Waals surface area contributed by atoms with Crippen molar-refractivity contribution in [1.82, 2.24) is 5.32 Å². The molecule has 21 heavy (non-hydrogen) atoms. The van der Waals surface area contributed by atoms with E-state index in [0.717, 1.165) is 16.0 Å². The van der Waals surface area contributed by atoms with E-state index >= 15 is 0 Å². The van der Waals surface area contributed by atoms with E-state index in [1.54, 1.807) is 18.2 Å². The summed E-state index contributed by atoms with van der Waals surface area (Å²) in [6.45, 7) is 0. The lowest BCUT2D eigenvalue weighted by atomic mass is 10.2. The number of hydrogen-bond acceptors (Lipinski definition) is 3. The number of anilines is 1. The van der Waals surface area contributed by atoms with Gasteiger partial charge in [0, 0.05) is 14.6 Å². The van der Waals surface area contributed by atoms with E-state index in [-0.39, 0.29) is 23.4 Å². The van der Waals surface area contributed by atoms with E-state index < -0.39 is 17.6 Å². The van der Waals surface area contributed by atoms with E-state index in [2.05, 4.69) is 21.2 Å². The fourth-order valence-corrected chi connectivity index (χ4v) is 3.93. The summed E-state index contributed by atoms with van der Waals surface area (Å²) in [5, 5.41) is 2.75. The summed E-state index contributed by atoms with van der Waals surface area (Å²) in [5.74, 6) is -0.768. The van der Waals surface area contributed by atoms with Crippen molar-refractivity contribution in [3.8, 4) is 0 Å². The molecule has 112 valence electrons. The maximum absolute atomic E-state index is 12.9. The zero-order valence-electron chi connectivity index (χ0n) is 10.6. The summed E-state index contributed by atoms with van der Waals surface area (Å²) >= 11 is 4.42. The van der Waals surface area contributed by atoms with Gasteiger partial charge in [0.1, 0.15) is 10.4 Å². The van der Waals surface area contributed by atoms with E-state index in [9.17, 15) is 18.0 Å². The fourth-order valence-electron chi connectivity index (χ4n) is 2.18. The monoisotopic (exact) mass is 378 g/mol. The molecule has 1 fully saturated rings. The number of carbonyl (C=O) groups is 1. The molecule has 2 aromatic rings. The molecule has 1 saturated carbocycles. The standard InChI is InChI=1S/C13H10BrF3N2OS/c14-6-2-1-3-7-8(6)9(18)10(21-7)11(20)19-12(4-5-12)13(15,16)17/h1-3H,4-5,18H2,(H,19,20). The third-order valence-corrected chi connectivity index (χ3v) is 5.38. The van der Waals surface area contributed by atoms with Gasteiger partial charge >= 0.3 is 6.18 Å². The zero-order chi connectivity index (χ0) is 15.4. The second kappa shape index (κ2) is 4.61. The molecule has 0 saturated heterocycles. The molecule has 0 spiro atoms. The quantitative estimate of drug-likeness (QED) is 0.827. The highest BCUT2D eigenvalue weighted by molar-refractivity contribution is 9.10. The predicted molar refractivity (Wildman–Crippen MR) is 79.4 cm³/mol. The van der Waals surface area contributed by atoms with Crippen molar-refractivity contribution < 1.29 is 18.0 Å². The predicted octanol–water partition coefficient (Wildman–Crippen LogP) is 4.07. The SMILES string of the molecule is Nc1c(C(=O)NC2(C(F)(F)F)CC2)sc2cccc(Br)c12. The van der Waals surface area contributed by atoms with Crippen molar-refractivity contribution in [3.63, 3.8) is 0 Å². The van der Waals surface area contributed by atoms with Crippen molar-refractivity contribution in [2.45, 2.75) is 24.6 Å². The van der Waals surface area contributed by atoms with Gasteiger partial charge in [-0.2, -0.15) is 13.2 Å². The van der Waals surface area contributed by atoms with Crippen LogP contribution in [0.1, 0.15) is 22.5 Å². The number of halogens is 4. The Morgan fingerprint density at radius 1 is 1.38 bits per heavy atom. The Morgan fingerprint density at radius 3 is 2.57 bits per heavy atom. The second-order valence-corrected chi connectivity index (χ2v) is 6.90. The Labute approximate surface area is 130 Å². The average Bonchev–Trinajstić information content (AvgIpc) is 3.08. The normalized spacial score (nSPS) is 17.0. The lowest BCUT2D eigenvalue weighted by molar-refractivity contribution is -0.163. The van der Waals surface area contributed by atoms with Gasteiger partial charge in [0.05, 0.1) is 5.69 Å². The molecule has 8 heteroatoms. The number of thiophene rings is 1. The molecule has 0 bridgehead atoms. The molecule has 1 amide bonds. The molecule has 3 nitrogen and oxygen atoms in total. The van der Waals surface area contributed by atoms with Crippen LogP contribution in [-0.4, -0.2) is 17.6 Å². The lowest BCUT2D eigenvalue weighted by Gasteiger charge is -2.20. The molecule has 1 heterocycles. The van der Waals surface area contributed by atoms with Gasteiger partial charge in [-0.1, -0.05) is 22.0 Å². The number of nitrogen functional groups attached to an aromatic ring is 1. The van der Waals surface area contributed by atoms with E-state index in [4.69, 9.17) is 5.73 Å². The van der Waals surface area contributed by atoms with E-state index in [1.807, 2.05) is 0 Å². The summed E-state index contributed by atoms with van der Waals surface area (Å²) in [7, 11) is 0. The van der Waals surface area contributed by atoms with Crippen LogP contribution in [0.5, 0.6) is 0 Å². The molecule has 3 rings (SSSR count). The first kappa shape index (κ1) is 14.6. The third-order valence-electron chi connectivity index (χ3n) is 3.55. The maximum Gasteiger partial charge on any atom is 0.411 e. The van der Waals surface area contributed by atoms with Crippen molar-refractivity contribution in [2.24, 2.45) is 0 Å². The summed E-state index contributed by atoms with van der Waals surface area (Å²) < 4.78 is 40.1. The van der Waals surface area contributed by atoms with Crippen LogP contribution < -0.4 is 11.1 Å². The summed E-state index contributed by atoms with van der Waals surface area (Å²) in [5.41, 5.74) is 4.05. The molecule has 1 aliphatic rings. The van der Waals surface area contributed by atoms with Crippen LogP contribution in [0.3, 0.4) is 0 Å². The number of benzene rings is 1. The van der Waals surface area contributed by atoms with Gasteiger partial charge in [-0.05, 0) is 25.0 Å². The Balaban J connectivity index is 1.96. The van der Waals surface area contributed by atoms with Gasteiger partial charge in [0.15, 0.2) is 0 Å². The molecule has 1 aromatic carbocycles. The summed E-state index contributed by atoms with van der Waals surface area (Å²) in [4.78, 5) is 12.3. The molecular formula is C13H10BrF3N2OS. The van der Waals surface area contributed by atoms with Crippen LogP contribution in [-0.2, 0) is 0 Å². The van der Waals surface area contributed by atoms with E-state index in [1.165, 1.54) is 0 Å². The summed E-state index contributed by atoms with van der Waals surface area (Å²) in [6.07, 6.45) is -4.61. The average molecular weight is 379 g/mol. The molecule has 3 N–H and O–H groups in total. The number of alkyl halides is 3. The van der Waals surface area contributed by atoms with Crippen molar-refractivity contribution in [3.05, 3.63) is 27.5 Å². The van der Waals surface area contributed by atoms with Crippen LogP contribution in [0.2, 0.25) is 0 Å². The van der Waals surface area contributed by atoms with Crippen LogP contribution in [0.15, 0.2) is 22.7 Å². The van der Waals surface area contributed by atoms with Gasteiger partial charge in [-0.15, -0.1) is 11.3 Å². The van der Waals surface area contributed by atoms with Crippen LogP contribution in [0, 0.1) is 0 Å². The fraction of sp³-hybridized carbons (Fsp3) is 0.308. The van der Waals surface area contributed by atoms with Gasteiger partial charge in [-0.3, -0.25) is 4.79 Å². The lowest BCUT2D eigenvalue weighted by Crippen LogP contribution is -2.47. The van der Waals surface area contributed by atoms with Gasteiger partial charge in [0.25, 0.3) is 5.91 Å².